The highest BCUT2D eigenvalue weighted by Crippen LogP contribution is 2.39. The van der Waals surface area contributed by atoms with Crippen molar-refractivity contribution >= 4 is 5.95 Å². The zero-order chi connectivity index (χ0) is 21.3. The molecule has 0 fully saturated rings. The number of rotatable bonds is 4. The Morgan fingerprint density at radius 2 is 1.23 bits per heavy atom. The van der Waals surface area contributed by atoms with Gasteiger partial charge < -0.3 is 5.32 Å². The van der Waals surface area contributed by atoms with Crippen molar-refractivity contribution < 1.29 is 0 Å². The number of imidazole rings is 1. The number of para-hydroxylation sites is 1. The van der Waals surface area contributed by atoms with Gasteiger partial charge in [-0.15, -0.1) is 0 Å². The van der Waals surface area contributed by atoms with E-state index in [4.69, 9.17) is 4.98 Å². The van der Waals surface area contributed by atoms with Gasteiger partial charge in [0.1, 0.15) is 0 Å². The standard InChI is InChI=1S/C27H29N3/c1-19-13-12-14-20(2)24(19)30-25(22-17-10-7-11-18-22)23(21-15-8-6-9-16-21)28-26(30)29-27(3,4)5/h6-18H,1-5H3,(H,28,29). The van der Waals surface area contributed by atoms with E-state index >= 15 is 0 Å². The van der Waals surface area contributed by atoms with Crippen molar-refractivity contribution in [1.29, 1.82) is 0 Å². The average molecular weight is 396 g/mol. The molecule has 4 rings (SSSR count). The van der Waals surface area contributed by atoms with Gasteiger partial charge in [-0.1, -0.05) is 78.9 Å². The summed E-state index contributed by atoms with van der Waals surface area (Å²) in [6, 6.07) is 27.4. The van der Waals surface area contributed by atoms with Gasteiger partial charge in [0.05, 0.1) is 17.1 Å². The van der Waals surface area contributed by atoms with Crippen LogP contribution in [0.1, 0.15) is 31.9 Å². The minimum Gasteiger partial charge on any atom is -0.351 e. The first-order valence-electron chi connectivity index (χ1n) is 10.4. The van der Waals surface area contributed by atoms with E-state index in [-0.39, 0.29) is 5.54 Å². The van der Waals surface area contributed by atoms with E-state index in [1.165, 1.54) is 16.8 Å². The summed E-state index contributed by atoms with van der Waals surface area (Å²) in [4.78, 5) is 5.15. The van der Waals surface area contributed by atoms with E-state index < -0.39 is 0 Å². The monoisotopic (exact) mass is 395 g/mol. The van der Waals surface area contributed by atoms with E-state index in [1.54, 1.807) is 0 Å². The molecule has 0 unspecified atom stereocenters. The molecule has 0 saturated carbocycles. The molecule has 152 valence electrons. The van der Waals surface area contributed by atoms with Crippen molar-refractivity contribution in [3.05, 3.63) is 90.0 Å². The molecule has 3 nitrogen and oxygen atoms in total. The quantitative estimate of drug-likeness (QED) is 0.402. The zero-order valence-corrected chi connectivity index (χ0v) is 18.4. The summed E-state index contributed by atoms with van der Waals surface area (Å²) in [5.41, 5.74) is 7.84. The largest absolute Gasteiger partial charge is 0.351 e. The van der Waals surface area contributed by atoms with Crippen LogP contribution in [0.2, 0.25) is 0 Å². The van der Waals surface area contributed by atoms with Gasteiger partial charge in [-0.3, -0.25) is 4.57 Å². The normalized spacial score (nSPS) is 11.5. The lowest BCUT2D eigenvalue weighted by atomic mass is 10.0. The fraction of sp³-hybridized carbons (Fsp3) is 0.222. The van der Waals surface area contributed by atoms with Gasteiger partial charge >= 0.3 is 0 Å². The Balaban J connectivity index is 2.12. The summed E-state index contributed by atoms with van der Waals surface area (Å²) in [5.74, 6) is 0.859. The van der Waals surface area contributed by atoms with Crippen LogP contribution in [0.5, 0.6) is 0 Å². The first kappa shape index (κ1) is 20.0. The molecule has 1 N–H and O–H groups in total. The van der Waals surface area contributed by atoms with E-state index in [1.807, 2.05) is 6.07 Å². The lowest BCUT2D eigenvalue weighted by molar-refractivity contribution is 0.624. The second-order valence-electron chi connectivity index (χ2n) is 8.82. The number of aromatic nitrogens is 2. The Bertz CT molecular complexity index is 1130. The fourth-order valence-corrected chi connectivity index (χ4v) is 3.88. The second kappa shape index (κ2) is 7.83. The molecule has 0 bridgehead atoms. The number of nitrogens with one attached hydrogen (secondary N) is 1. The van der Waals surface area contributed by atoms with E-state index in [0.29, 0.717) is 0 Å². The molecule has 0 aliphatic heterocycles. The third-order valence-corrected chi connectivity index (χ3v) is 5.12. The molecule has 30 heavy (non-hydrogen) atoms. The summed E-state index contributed by atoms with van der Waals surface area (Å²) in [6.07, 6.45) is 0. The molecule has 0 amide bonds. The van der Waals surface area contributed by atoms with Crippen LogP contribution >= 0.6 is 0 Å². The number of benzene rings is 3. The van der Waals surface area contributed by atoms with Crippen molar-refractivity contribution in [2.24, 2.45) is 0 Å². The molecule has 3 heteroatoms. The van der Waals surface area contributed by atoms with Crippen LogP contribution in [-0.2, 0) is 0 Å². The fourth-order valence-electron chi connectivity index (χ4n) is 3.88. The van der Waals surface area contributed by atoms with E-state index in [2.05, 4.69) is 117 Å². The molecule has 0 radical (unpaired) electrons. The Morgan fingerprint density at radius 1 is 0.700 bits per heavy atom. The summed E-state index contributed by atoms with van der Waals surface area (Å²) < 4.78 is 2.30. The Morgan fingerprint density at radius 3 is 1.77 bits per heavy atom. The molecule has 0 aliphatic rings. The van der Waals surface area contributed by atoms with Crippen molar-refractivity contribution in [1.82, 2.24) is 9.55 Å². The van der Waals surface area contributed by atoms with Gasteiger partial charge in [-0.2, -0.15) is 0 Å². The topological polar surface area (TPSA) is 29.9 Å². The van der Waals surface area contributed by atoms with Crippen molar-refractivity contribution in [2.75, 3.05) is 5.32 Å². The maximum Gasteiger partial charge on any atom is 0.209 e. The zero-order valence-electron chi connectivity index (χ0n) is 18.4. The van der Waals surface area contributed by atoms with Gasteiger partial charge in [-0.05, 0) is 45.7 Å². The van der Waals surface area contributed by atoms with Crippen LogP contribution in [-0.4, -0.2) is 15.1 Å². The second-order valence-corrected chi connectivity index (χ2v) is 8.82. The number of hydrogen-bond acceptors (Lipinski definition) is 2. The molecular weight excluding hydrogens is 366 g/mol. The predicted molar refractivity (Wildman–Crippen MR) is 127 cm³/mol. The third-order valence-electron chi connectivity index (χ3n) is 5.12. The Labute approximate surface area is 179 Å². The lowest BCUT2D eigenvalue weighted by Gasteiger charge is -2.24. The van der Waals surface area contributed by atoms with Gasteiger partial charge in [0.15, 0.2) is 0 Å². The van der Waals surface area contributed by atoms with Gasteiger partial charge in [0.2, 0.25) is 5.95 Å². The van der Waals surface area contributed by atoms with Gasteiger partial charge in [0, 0.05) is 16.7 Å². The summed E-state index contributed by atoms with van der Waals surface area (Å²) >= 11 is 0. The van der Waals surface area contributed by atoms with Gasteiger partial charge in [0.25, 0.3) is 0 Å². The molecule has 1 aromatic heterocycles. The van der Waals surface area contributed by atoms with Crippen LogP contribution in [0.15, 0.2) is 78.9 Å². The molecule has 0 atom stereocenters. The van der Waals surface area contributed by atoms with Crippen molar-refractivity contribution in [3.8, 4) is 28.2 Å². The molecule has 4 aromatic rings. The number of anilines is 1. The summed E-state index contributed by atoms with van der Waals surface area (Å²) in [5, 5.41) is 3.65. The first-order chi connectivity index (χ1) is 14.3. The first-order valence-corrected chi connectivity index (χ1v) is 10.4. The molecule has 0 aliphatic carbocycles. The Hall–Kier alpha value is -3.33. The highest BCUT2D eigenvalue weighted by molar-refractivity contribution is 5.83. The van der Waals surface area contributed by atoms with Crippen molar-refractivity contribution in [2.45, 2.75) is 40.2 Å². The SMILES string of the molecule is Cc1cccc(C)c1-n1c(NC(C)(C)C)nc(-c2ccccc2)c1-c1ccccc1. The predicted octanol–water partition coefficient (Wildman–Crippen LogP) is 7.03. The maximum absolute atomic E-state index is 5.15. The minimum atomic E-state index is -0.123. The Kier molecular flexibility index (Phi) is 5.21. The van der Waals surface area contributed by atoms with Crippen LogP contribution < -0.4 is 5.32 Å². The van der Waals surface area contributed by atoms with Crippen LogP contribution in [0.4, 0.5) is 5.95 Å². The highest BCUT2D eigenvalue weighted by atomic mass is 15.2. The van der Waals surface area contributed by atoms with E-state index in [0.717, 1.165) is 28.5 Å². The van der Waals surface area contributed by atoms with Crippen LogP contribution in [0.3, 0.4) is 0 Å². The number of hydrogen-bond donors (Lipinski definition) is 1. The van der Waals surface area contributed by atoms with E-state index in [9.17, 15) is 0 Å². The van der Waals surface area contributed by atoms with Crippen LogP contribution in [0, 0.1) is 13.8 Å². The minimum absolute atomic E-state index is 0.123. The molecule has 3 aromatic carbocycles. The molecular formula is C27H29N3. The number of nitrogens with zero attached hydrogens (tertiary/aromatic N) is 2. The van der Waals surface area contributed by atoms with Crippen LogP contribution in [0.25, 0.3) is 28.2 Å². The van der Waals surface area contributed by atoms with Gasteiger partial charge in [-0.25, -0.2) is 4.98 Å². The highest BCUT2D eigenvalue weighted by Gasteiger charge is 2.25. The van der Waals surface area contributed by atoms with Crippen molar-refractivity contribution in [3.63, 3.8) is 0 Å². The molecule has 1 heterocycles. The lowest BCUT2D eigenvalue weighted by Crippen LogP contribution is -2.28. The number of aryl methyl sites for hydroxylation is 2. The molecule has 0 spiro atoms. The summed E-state index contributed by atoms with van der Waals surface area (Å²) in [6.45, 7) is 10.8. The maximum atomic E-state index is 5.15. The average Bonchev–Trinajstić information content (AvgIpc) is 3.06. The molecule has 0 saturated heterocycles. The smallest absolute Gasteiger partial charge is 0.209 e. The third kappa shape index (κ3) is 3.88. The summed E-state index contributed by atoms with van der Waals surface area (Å²) in [7, 11) is 0.